The Morgan fingerprint density at radius 3 is 2.76 bits per heavy atom. The summed E-state index contributed by atoms with van der Waals surface area (Å²) in [6.45, 7) is 4.31. The van der Waals surface area contributed by atoms with E-state index < -0.39 is 10.0 Å². The number of ether oxygens (including phenoxy) is 1. The van der Waals surface area contributed by atoms with E-state index in [9.17, 15) is 8.42 Å². The van der Waals surface area contributed by atoms with Gasteiger partial charge in [-0.1, -0.05) is 0 Å². The maximum Gasteiger partial charge on any atom is 0.258 e. The zero-order chi connectivity index (χ0) is 17.9. The molecule has 0 saturated carbocycles. The van der Waals surface area contributed by atoms with Gasteiger partial charge in [0, 0.05) is 29.5 Å². The molecule has 0 aliphatic carbocycles. The van der Waals surface area contributed by atoms with Crippen LogP contribution in [0.1, 0.15) is 12.6 Å². The number of hydrogen-bond donors (Lipinski definition) is 2. The molecular formula is C17H18N4O3S. The minimum atomic E-state index is -3.73. The van der Waals surface area contributed by atoms with Crippen molar-refractivity contribution in [1.82, 2.24) is 14.8 Å². The van der Waals surface area contributed by atoms with E-state index in [2.05, 4.69) is 20.2 Å². The van der Waals surface area contributed by atoms with Crippen LogP contribution in [0.2, 0.25) is 0 Å². The van der Waals surface area contributed by atoms with Crippen molar-refractivity contribution in [3.63, 3.8) is 0 Å². The van der Waals surface area contributed by atoms with Gasteiger partial charge in [0.15, 0.2) is 0 Å². The zero-order valence-corrected chi connectivity index (χ0v) is 14.7. The maximum absolute atomic E-state index is 12.3. The number of sulfonamides is 1. The van der Waals surface area contributed by atoms with Crippen LogP contribution in [0, 0.1) is 6.92 Å². The van der Waals surface area contributed by atoms with Crippen molar-refractivity contribution in [2.75, 3.05) is 12.0 Å². The fourth-order valence-corrected chi connectivity index (χ4v) is 3.21. The molecule has 7 nitrogen and oxygen atoms in total. The minimum absolute atomic E-state index is 0.0798. The summed E-state index contributed by atoms with van der Waals surface area (Å²) in [7, 11) is -3.73. The third-order valence-corrected chi connectivity index (χ3v) is 4.72. The Bertz CT molecular complexity index is 991. The quantitative estimate of drug-likeness (QED) is 0.658. The van der Waals surface area contributed by atoms with E-state index in [4.69, 9.17) is 4.74 Å². The second kappa shape index (κ2) is 7.04. The Kier molecular flexibility index (Phi) is 4.82. The summed E-state index contributed by atoms with van der Waals surface area (Å²) in [4.78, 5) is 10.8. The number of nitrogens with one attached hydrogen (secondary N) is 2. The van der Waals surface area contributed by atoms with Crippen molar-refractivity contribution < 1.29 is 13.2 Å². The Hall–Kier alpha value is -2.71. The molecule has 0 atom stereocenters. The first-order chi connectivity index (χ1) is 12.0. The number of hydrazine groups is 1. The third kappa shape index (κ3) is 3.86. The second-order valence-corrected chi connectivity index (χ2v) is 7.02. The number of aryl methyl sites for hydroxylation is 1. The van der Waals surface area contributed by atoms with Crippen LogP contribution in [-0.2, 0) is 10.0 Å². The van der Waals surface area contributed by atoms with Crippen molar-refractivity contribution in [1.29, 1.82) is 0 Å². The molecule has 3 rings (SSSR count). The van der Waals surface area contributed by atoms with E-state index in [1.54, 1.807) is 12.1 Å². The van der Waals surface area contributed by atoms with Crippen LogP contribution in [0.5, 0.6) is 5.75 Å². The lowest BCUT2D eigenvalue weighted by molar-refractivity contribution is 0.340. The van der Waals surface area contributed by atoms with Crippen molar-refractivity contribution in [2.45, 2.75) is 18.7 Å². The van der Waals surface area contributed by atoms with E-state index in [0.29, 0.717) is 17.8 Å². The Morgan fingerprint density at radius 2 is 2.04 bits per heavy atom. The molecule has 0 fully saturated rings. The molecule has 2 heterocycles. The molecule has 0 unspecified atom stereocenters. The van der Waals surface area contributed by atoms with E-state index in [0.717, 1.165) is 16.8 Å². The van der Waals surface area contributed by atoms with Crippen LogP contribution in [0.4, 0.5) is 5.69 Å². The number of anilines is 1. The number of pyridine rings is 2. The summed E-state index contributed by atoms with van der Waals surface area (Å²) in [6.07, 6.45) is 2.80. The van der Waals surface area contributed by atoms with Crippen LogP contribution in [0.25, 0.3) is 10.9 Å². The number of hydrogen-bond acceptors (Lipinski definition) is 6. The molecule has 0 aliphatic heterocycles. The minimum Gasteiger partial charge on any atom is -0.494 e. The Balaban J connectivity index is 1.91. The molecule has 2 N–H and O–H groups in total. The van der Waals surface area contributed by atoms with Crippen LogP contribution in [-0.4, -0.2) is 25.0 Å². The van der Waals surface area contributed by atoms with Gasteiger partial charge < -0.3 is 10.2 Å². The van der Waals surface area contributed by atoms with Crippen LogP contribution < -0.4 is 15.0 Å². The molecule has 130 valence electrons. The van der Waals surface area contributed by atoms with E-state index >= 15 is 0 Å². The highest BCUT2D eigenvalue weighted by molar-refractivity contribution is 7.89. The smallest absolute Gasteiger partial charge is 0.258 e. The van der Waals surface area contributed by atoms with Crippen LogP contribution >= 0.6 is 0 Å². The fourth-order valence-electron chi connectivity index (χ4n) is 2.39. The molecular weight excluding hydrogens is 340 g/mol. The molecule has 0 saturated heterocycles. The molecule has 0 radical (unpaired) electrons. The second-order valence-electron chi connectivity index (χ2n) is 5.34. The maximum atomic E-state index is 12.3. The lowest BCUT2D eigenvalue weighted by atomic mass is 10.1. The molecule has 0 bridgehead atoms. The monoisotopic (exact) mass is 358 g/mol. The third-order valence-electron chi connectivity index (χ3n) is 3.49. The van der Waals surface area contributed by atoms with E-state index in [1.807, 2.05) is 32.0 Å². The summed E-state index contributed by atoms with van der Waals surface area (Å²) in [6, 6.07) is 10.3. The number of rotatable bonds is 6. The normalized spacial score (nSPS) is 11.4. The van der Waals surface area contributed by atoms with Gasteiger partial charge in [-0.3, -0.25) is 9.97 Å². The molecule has 3 aromatic rings. The van der Waals surface area contributed by atoms with Crippen LogP contribution in [0.15, 0.2) is 53.7 Å². The molecule has 8 heteroatoms. The van der Waals surface area contributed by atoms with E-state index in [1.165, 1.54) is 18.5 Å². The van der Waals surface area contributed by atoms with E-state index in [-0.39, 0.29) is 4.90 Å². The molecule has 25 heavy (non-hydrogen) atoms. The molecule has 0 aliphatic rings. The average Bonchev–Trinajstić information content (AvgIpc) is 2.60. The summed E-state index contributed by atoms with van der Waals surface area (Å²) in [5, 5.41) is 0.780. The van der Waals surface area contributed by atoms with Gasteiger partial charge in [0.2, 0.25) is 0 Å². The van der Waals surface area contributed by atoms with Gasteiger partial charge >= 0.3 is 0 Å². The lowest BCUT2D eigenvalue weighted by Crippen LogP contribution is -2.29. The van der Waals surface area contributed by atoms with Gasteiger partial charge in [-0.2, -0.15) is 0 Å². The molecule has 2 aromatic heterocycles. The predicted molar refractivity (Wildman–Crippen MR) is 95.8 cm³/mol. The number of fused-ring (bicyclic) bond motifs is 1. The first-order valence-corrected chi connectivity index (χ1v) is 9.20. The Morgan fingerprint density at radius 1 is 1.20 bits per heavy atom. The summed E-state index contributed by atoms with van der Waals surface area (Å²) in [5.41, 5.74) is 4.85. The highest BCUT2D eigenvalue weighted by Gasteiger charge is 2.14. The van der Waals surface area contributed by atoms with Gasteiger partial charge in [-0.25, -0.2) is 8.42 Å². The van der Waals surface area contributed by atoms with Gasteiger partial charge in [0.1, 0.15) is 10.6 Å². The first-order valence-electron chi connectivity index (χ1n) is 7.71. The number of aromatic nitrogens is 2. The van der Waals surface area contributed by atoms with Gasteiger partial charge in [-0.05, 0) is 44.2 Å². The number of benzene rings is 1. The molecule has 0 amide bonds. The largest absolute Gasteiger partial charge is 0.494 e. The topological polar surface area (TPSA) is 93.2 Å². The van der Waals surface area contributed by atoms with Crippen LogP contribution in [0.3, 0.4) is 0 Å². The number of nitrogens with zero attached hydrogens (tertiary/aromatic N) is 2. The van der Waals surface area contributed by atoms with Crippen molar-refractivity contribution in [2.24, 2.45) is 0 Å². The first kappa shape index (κ1) is 17.1. The molecule has 0 spiro atoms. The van der Waals surface area contributed by atoms with Gasteiger partial charge in [0.25, 0.3) is 10.0 Å². The van der Waals surface area contributed by atoms with Gasteiger partial charge in [-0.15, -0.1) is 4.83 Å². The van der Waals surface area contributed by atoms with Crippen molar-refractivity contribution in [3.05, 3.63) is 54.5 Å². The lowest BCUT2D eigenvalue weighted by Gasteiger charge is -2.13. The fraction of sp³-hybridized carbons (Fsp3) is 0.176. The summed E-state index contributed by atoms with van der Waals surface area (Å²) < 4.78 is 30.1. The summed E-state index contributed by atoms with van der Waals surface area (Å²) in [5.74, 6) is 0.718. The predicted octanol–water partition coefficient (Wildman–Crippen LogP) is 2.64. The average molecular weight is 358 g/mol. The molecule has 1 aromatic carbocycles. The Labute approximate surface area is 146 Å². The van der Waals surface area contributed by atoms with Gasteiger partial charge in [0.05, 0.1) is 17.8 Å². The SMILES string of the molecule is CCOc1ccc2c(NNS(=O)(=O)c3cccnc3)cc(C)nc2c1. The highest BCUT2D eigenvalue weighted by atomic mass is 32.2. The van der Waals surface area contributed by atoms with Crippen molar-refractivity contribution >= 4 is 26.6 Å². The summed E-state index contributed by atoms with van der Waals surface area (Å²) >= 11 is 0. The standard InChI is InChI=1S/C17H18N4O3S/c1-3-24-13-6-7-15-16(10-13)19-12(2)9-17(15)20-21-25(22,23)14-5-4-8-18-11-14/h4-11,21H,3H2,1-2H3,(H,19,20). The van der Waals surface area contributed by atoms with Crippen molar-refractivity contribution in [3.8, 4) is 5.75 Å². The highest BCUT2D eigenvalue weighted by Crippen LogP contribution is 2.26. The zero-order valence-electron chi connectivity index (χ0n) is 13.9.